The van der Waals surface area contributed by atoms with Crippen molar-refractivity contribution >= 4 is 23.0 Å². The van der Waals surface area contributed by atoms with Crippen LogP contribution in [0.2, 0.25) is 0 Å². The number of anilines is 1. The Hall–Kier alpha value is -3.83. The number of rotatable bonds is 10. The Balaban J connectivity index is 0.980. The van der Waals surface area contributed by atoms with E-state index >= 15 is 0 Å². The number of nitrogens with two attached hydrogens (primary N) is 2. The minimum atomic E-state index is -0.931. The van der Waals surface area contributed by atoms with Gasteiger partial charge in [-0.05, 0) is 69.2 Å². The van der Waals surface area contributed by atoms with E-state index in [0.717, 1.165) is 55.5 Å². The minimum Gasteiger partial charge on any atom is -0.489 e. The molecule has 0 bridgehead atoms. The number of hydrogen-bond donors (Lipinski definition) is 4. The zero-order chi connectivity index (χ0) is 28.9. The first-order valence-corrected chi connectivity index (χ1v) is 14.2. The molecule has 11 nitrogen and oxygen atoms in total. The molecule has 1 saturated heterocycles. The number of pyridine rings is 1. The second kappa shape index (κ2) is 10.2. The largest absolute Gasteiger partial charge is 0.489 e. The van der Waals surface area contributed by atoms with Gasteiger partial charge < -0.3 is 36.3 Å². The molecule has 1 aliphatic heterocycles. The molecule has 3 aliphatic rings. The third-order valence-electron chi connectivity index (χ3n) is 8.36. The zero-order valence-corrected chi connectivity index (χ0v) is 23.5. The number of amides is 2. The van der Waals surface area contributed by atoms with Crippen molar-refractivity contribution in [1.29, 1.82) is 0 Å². The summed E-state index contributed by atoms with van der Waals surface area (Å²) in [7, 11) is 0. The molecule has 2 aromatic heterocycles. The van der Waals surface area contributed by atoms with Crippen molar-refractivity contribution in [3.8, 4) is 11.5 Å². The standard InChI is InChI=1S/C30H38N6O5/c1-29(2,39)17-40-22-4-6-25-18(13-33-36(25)16-22)7-27(37)34-20-9-30(10-20)11-23(12-30)41-26-8-21(35-14-19(31)15-35)3-5-24(26)28(32)38/h3-6,8,13,16,19-20,23,39H,7,9-12,14-15,17,31H2,1-2H3,(H2,32,38)(H,34,37). The fourth-order valence-electron chi connectivity index (χ4n) is 6.27. The van der Waals surface area contributed by atoms with Gasteiger partial charge in [-0.3, -0.25) is 9.59 Å². The number of benzene rings is 1. The van der Waals surface area contributed by atoms with Crippen molar-refractivity contribution in [2.24, 2.45) is 16.9 Å². The molecule has 3 heterocycles. The van der Waals surface area contributed by atoms with Crippen LogP contribution in [0.25, 0.3) is 5.52 Å². The summed E-state index contributed by atoms with van der Waals surface area (Å²) in [6.07, 6.45) is 7.34. The molecule has 0 unspecified atom stereocenters. The van der Waals surface area contributed by atoms with E-state index in [1.165, 1.54) is 0 Å². The first kappa shape index (κ1) is 27.3. The molecule has 6 rings (SSSR count). The predicted molar refractivity (Wildman–Crippen MR) is 153 cm³/mol. The van der Waals surface area contributed by atoms with Crippen molar-refractivity contribution in [2.45, 2.75) is 69.7 Å². The van der Waals surface area contributed by atoms with Gasteiger partial charge in [-0.2, -0.15) is 5.10 Å². The molecule has 2 aliphatic carbocycles. The van der Waals surface area contributed by atoms with E-state index in [2.05, 4.69) is 15.3 Å². The van der Waals surface area contributed by atoms with Crippen LogP contribution in [0, 0.1) is 5.41 Å². The number of carbonyl (C=O) groups is 2. The summed E-state index contributed by atoms with van der Waals surface area (Å²) in [6, 6.07) is 9.52. The second-order valence-corrected chi connectivity index (χ2v) is 12.7. The molecule has 0 radical (unpaired) electrons. The van der Waals surface area contributed by atoms with Crippen LogP contribution >= 0.6 is 0 Å². The van der Waals surface area contributed by atoms with Crippen LogP contribution in [0.1, 0.15) is 55.5 Å². The minimum absolute atomic E-state index is 0.0229. The lowest BCUT2D eigenvalue weighted by atomic mass is 9.53. The van der Waals surface area contributed by atoms with Crippen molar-refractivity contribution in [3.63, 3.8) is 0 Å². The summed E-state index contributed by atoms with van der Waals surface area (Å²) in [5, 5.41) is 17.4. The number of fused-ring (bicyclic) bond motifs is 1. The van der Waals surface area contributed by atoms with E-state index in [0.29, 0.717) is 17.1 Å². The highest BCUT2D eigenvalue weighted by molar-refractivity contribution is 5.96. The molecule has 11 heteroatoms. The molecule has 3 aromatic rings. The molecule has 0 atom stereocenters. The molecule has 3 fully saturated rings. The lowest BCUT2D eigenvalue weighted by molar-refractivity contribution is -0.126. The second-order valence-electron chi connectivity index (χ2n) is 12.7. The summed E-state index contributed by atoms with van der Waals surface area (Å²) in [4.78, 5) is 26.9. The topological polar surface area (TPSA) is 157 Å². The van der Waals surface area contributed by atoms with Gasteiger partial charge in [0, 0.05) is 42.5 Å². The normalized spacial score (nSPS) is 24.0. The molecular weight excluding hydrogens is 524 g/mol. The maximum absolute atomic E-state index is 12.8. The van der Waals surface area contributed by atoms with Gasteiger partial charge in [0.2, 0.25) is 5.91 Å². The van der Waals surface area contributed by atoms with Crippen LogP contribution in [0.15, 0.2) is 42.7 Å². The van der Waals surface area contributed by atoms with Gasteiger partial charge in [-0.15, -0.1) is 0 Å². The van der Waals surface area contributed by atoms with Gasteiger partial charge in [-0.25, -0.2) is 4.52 Å². The third kappa shape index (κ3) is 5.82. The lowest BCUT2D eigenvalue weighted by Crippen LogP contribution is -2.59. The predicted octanol–water partition coefficient (Wildman–Crippen LogP) is 1.78. The van der Waals surface area contributed by atoms with Gasteiger partial charge in [0.1, 0.15) is 18.1 Å². The maximum atomic E-state index is 12.8. The van der Waals surface area contributed by atoms with Gasteiger partial charge in [0.15, 0.2) is 0 Å². The summed E-state index contributed by atoms with van der Waals surface area (Å²) < 4.78 is 13.6. The van der Waals surface area contributed by atoms with Crippen molar-refractivity contribution in [3.05, 3.63) is 53.9 Å². The summed E-state index contributed by atoms with van der Waals surface area (Å²) in [5.74, 6) is 0.602. The average molecular weight is 563 g/mol. The number of nitrogens with one attached hydrogen (secondary N) is 1. The van der Waals surface area contributed by atoms with Crippen LogP contribution in [-0.4, -0.2) is 70.0 Å². The monoisotopic (exact) mass is 562 g/mol. The molecular formula is C30H38N6O5. The fourth-order valence-corrected chi connectivity index (χ4v) is 6.27. The quantitative estimate of drug-likeness (QED) is 0.291. The SMILES string of the molecule is CC(C)(O)COc1ccc2c(CC(=O)NC3CC4(C3)CC(Oc3cc(N5CC(N)C5)ccc3C(N)=O)C4)cnn2c1. The molecule has 41 heavy (non-hydrogen) atoms. The van der Waals surface area contributed by atoms with Crippen LogP contribution in [-0.2, 0) is 11.2 Å². The molecule has 1 spiro atoms. The van der Waals surface area contributed by atoms with Crippen LogP contribution in [0.4, 0.5) is 5.69 Å². The summed E-state index contributed by atoms with van der Waals surface area (Å²) >= 11 is 0. The Morgan fingerprint density at radius 3 is 2.61 bits per heavy atom. The van der Waals surface area contributed by atoms with E-state index in [-0.39, 0.29) is 42.5 Å². The first-order valence-electron chi connectivity index (χ1n) is 14.2. The third-order valence-corrected chi connectivity index (χ3v) is 8.36. The van der Waals surface area contributed by atoms with Crippen molar-refractivity contribution in [1.82, 2.24) is 14.9 Å². The van der Waals surface area contributed by atoms with Crippen LogP contribution in [0.5, 0.6) is 11.5 Å². The molecule has 2 saturated carbocycles. The number of nitrogens with zero attached hydrogens (tertiary/aromatic N) is 3. The Kier molecular flexibility index (Phi) is 6.82. The lowest BCUT2D eigenvalue weighted by Gasteiger charge is -2.57. The molecule has 2 amide bonds. The van der Waals surface area contributed by atoms with E-state index in [9.17, 15) is 14.7 Å². The van der Waals surface area contributed by atoms with Crippen molar-refractivity contribution < 1.29 is 24.2 Å². The van der Waals surface area contributed by atoms with Gasteiger partial charge in [0.25, 0.3) is 5.91 Å². The Bertz CT molecular complexity index is 1460. The Labute approximate surface area is 238 Å². The number of primary amides is 1. The smallest absolute Gasteiger partial charge is 0.252 e. The summed E-state index contributed by atoms with van der Waals surface area (Å²) in [5.41, 5.74) is 13.8. The number of aliphatic hydroxyl groups is 1. The van der Waals surface area contributed by atoms with E-state index in [1.54, 1.807) is 36.8 Å². The van der Waals surface area contributed by atoms with E-state index in [1.807, 2.05) is 24.3 Å². The van der Waals surface area contributed by atoms with Gasteiger partial charge >= 0.3 is 0 Å². The van der Waals surface area contributed by atoms with Crippen molar-refractivity contribution in [2.75, 3.05) is 24.6 Å². The van der Waals surface area contributed by atoms with Gasteiger partial charge in [0.05, 0.1) is 41.6 Å². The highest BCUT2D eigenvalue weighted by Crippen LogP contribution is 2.57. The molecule has 1 aromatic carbocycles. The fraction of sp³-hybridized carbons (Fsp3) is 0.500. The van der Waals surface area contributed by atoms with Gasteiger partial charge in [-0.1, -0.05) is 0 Å². The Morgan fingerprint density at radius 2 is 1.93 bits per heavy atom. The zero-order valence-electron chi connectivity index (χ0n) is 23.5. The van der Waals surface area contributed by atoms with E-state index < -0.39 is 11.5 Å². The van der Waals surface area contributed by atoms with Crippen LogP contribution < -0.4 is 31.2 Å². The highest BCUT2D eigenvalue weighted by atomic mass is 16.5. The number of carbonyl (C=O) groups excluding carboxylic acids is 2. The molecule has 218 valence electrons. The molecule has 6 N–H and O–H groups in total. The van der Waals surface area contributed by atoms with E-state index in [4.69, 9.17) is 20.9 Å². The highest BCUT2D eigenvalue weighted by Gasteiger charge is 2.54. The number of ether oxygens (including phenoxy) is 2. The maximum Gasteiger partial charge on any atom is 0.252 e. The average Bonchev–Trinajstić information content (AvgIpc) is 3.24. The number of aromatic nitrogens is 2. The summed E-state index contributed by atoms with van der Waals surface area (Å²) in [6.45, 7) is 5.10. The first-order chi connectivity index (χ1) is 19.5. The Morgan fingerprint density at radius 1 is 1.17 bits per heavy atom. The number of hydrogen-bond acceptors (Lipinski definition) is 8. The van der Waals surface area contributed by atoms with Crippen LogP contribution in [0.3, 0.4) is 0 Å².